The maximum Gasteiger partial charge on any atom is 0.358 e. The van der Waals surface area contributed by atoms with Crippen LogP contribution in [-0.2, 0) is 0 Å². The molecule has 0 saturated carbocycles. The second-order valence-electron chi connectivity index (χ2n) is 9.16. The minimum absolute atomic E-state index is 0.0253. The van der Waals surface area contributed by atoms with Gasteiger partial charge in [-0.2, -0.15) is 0 Å². The summed E-state index contributed by atoms with van der Waals surface area (Å²) in [4.78, 5) is 28.7. The van der Waals surface area contributed by atoms with E-state index in [1.807, 2.05) is 25.8 Å². The zero-order valence-corrected chi connectivity index (χ0v) is 21.3. The van der Waals surface area contributed by atoms with Crippen molar-refractivity contribution in [2.45, 2.75) is 32.9 Å². The summed E-state index contributed by atoms with van der Waals surface area (Å²) in [6.07, 6.45) is 1.06. The van der Waals surface area contributed by atoms with E-state index in [0.717, 1.165) is 16.9 Å². The predicted octanol–water partition coefficient (Wildman–Crippen LogP) is 3.57. The van der Waals surface area contributed by atoms with E-state index in [-0.39, 0.29) is 51.0 Å². The van der Waals surface area contributed by atoms with Crippen LogP contribution in [0.4, 0.5) is 25.8 Å². The van der Waals surface area contributed by atoms with Crippen LogP contribution in [0.25, 0.3) is 5.69 Å². The molecule has 2 atom stereocenters. The molecule has 1 aliphatic rings. The fourth-order valence-electron chi connectivity index (χ4n) is 4.32. The number of nitrogens with one attached hydrogen (secondary N) is 1. The van der Waals surface area contributed by atoms with Crippen LogP contribution >= 0.6 is 11.6 Å². The molecule has 13 heteroatoms. The number of benzene rings is 2. The molecule has 0 unspecified atom stereocenters. The van der Waals surface area contributed by atoms with Crippen molar-refractivity contribution in [2.24, 2.45) is 0 Å². The van der Waals surface area contributed by atoms with E-state index in [2.05, 4.69) is 20.5 Å². The number of carbonyl (C=O) groups excluding carboxylic acids is 1. The summed E-state index contributed by atoms with van der Waals surface area (Å²) < 4.78 is 30.5. The molecular weight excluding hydrogens is 508 g/mol. The number of rotatable bonds is 5. The highest BCUT2D eigenvalue weighted by Gasteiger charge is 2.30. The number of aromatic nitrogens is 3. The molecule has 10 nitrogen and oxygen atoms in total. The number of hydrogen-bond acceptors (Lipinski definition) is 7. The van der Waals surface area contributed by atoms with E-state index in [9.17, 15) is 14.0 Å². The molecule has 2 aromatic carbocycles. The molecule has 1 amide bonds. The Morgan fingerprint density at radius 2 is 1.81 bits per heavy atom. The van der Waals surface area contributed by atoms with Crippen LogP contribution in [-0.4, -0.2) is 69.1 Å². The van der Waals surface area contributed by atoms with E-state index in [1.54, 1.807) is 0 Å². The van der Waals surface area contributed by atoms with Crippen molar-refractivity contribution in [3.63, 3.8) is 0 Å². The molecule has 4 rings (SSSR count). The zero-order valence-electron chi connectivity index (χ0n) is 20.6. The Hall–Kier alpha value is -3.77. The Morgan fingerprint density at radius 3 is 2.41 bits per heavy atom. The Morgan fingerprint density at radius 1 is 1.16 bits per heavy atom. The number of aromatic carboxylic acids is 1. The van der Waals surface area contributed by atoms with Gasteiger partial charge in [0.25, 0.3) is 5.91 Å². The second kappa shape index (κ2) is 9.94. The van der Waals surface area contributed by atoms with Crippen molar-refractivity contribution in [3.05, 3.63) is 57.9 Å². The normalized spacial score (nSPS) is 18.2. The molecule has 37 heavy (non-hydrogen) atoms. The van der Waals surface area contributed by atoms with Gasteiger partial charge in [-0.25, -0.2) is 18.3 Å². The Kier molecular flexibility index (Phi) is 7.07. The van der Waals surface area contributed by atoms with Crippen LogP contribution in [0.1, 0.15) is 40.3 Å². The van der Waals surface area contributed by atoms with Gasteiger partial charge in [-0.05, 0) is 40.0 Å². The van der Waals surface area contributed by atoms with Crippen LogP contribution in [0.5, 0.6) is 0 Å². The predicted molar refractivity (Wildman–Crippen MR) is 136 cm³/mol. The van der Waals surface area contributed by atoms with Gasteiger partial charge in [0.15, 0.2) is 17.3 Å². The van der Waals surface area contributed by atoms with Crippen molar-refractivity contribution in [1.29, 1.82) is 0 Å². The first-order valence-corrected chi connectivity index (χ1v) is 11.8. The maximum absolute atomic E-state index is 15.4. The molecule has 1 saturated heterocycles. The number of nitrogens with zero attached hydrogens (tertiary/aromatic N) is 5. The lowest BCUT2D eigenvalue weighted by molar-refractivity contribution is 0.0690. The number of carbonyl (C=O) groups is 2. The van der Waals surface area contributed by atoms with E-state index in [0.29, 0.717) is 18.8 Å². The molecular formula is C24H26ClF2N7O3. The minimum Gasteiger partial charge on any atom is -0.476 e. The van der Waals surface area contributed by atoms with Gasteiger partial charge in [-0.3, -0.25) is 9.69 Å². The van der Waals surface area contributed by atoms with Crippen LogP contribution in [0.2, 0.25) is 5.02 Å². The van der Waals surface area contributed by atoms with Crippen molar-refractivity contribution in [3.8, 4) is 5.69 Å². The summed E-state index contributed by atoms with van der Waals surface area (Å²) in [5.41, 5.74) is 5.57. The average molecular weight is 534 g/mol. The highest BCUT2D eigenvalue weighted by molar-refractivity contribution is 6.35. The number of nitrogen functional groups attached to an aromatic ring is 1. The molecule has 0 spiro atoms. The van der Waals surface area contributed by atoms with Gasteiger partial charge in [0.1, 0.15) is 5.69 Å². The lowest BCUT2D eigenvalue weighted by Gasteiger charge is -2.44. The Balaban J connectivity index is 1.81. The minimum atomic E-state index is -1.32. The molecule has 1 aromatic heterocycles. The first kappa shape index (κ1) is 26.3. The van der Waals surface area contributed by atoms with Gasteiger partial charge in [-0.15, -0.1) is 5.10 Å². The molecule has 4 N–H and O–H groups in total. The molecule has 1 fully saturated rings. The molecule has 3 aromatic rings. The van der Waals surface area contributed by atoms with Crippen molar-refractivity contribution in [2.75, 3.05) is 36.1 Å². The first-order chi connectivity index (χ1) is 17.4. The Bertz CT molecular complexity index is 1390. The summed E-state index contributed by atoms with van der Waals surface area (Å²) in [7, 11) is 2.01. The quantitative estimate of drug-likeness (QED) is 0.424. The lowest BCUT2D eigenvalue weighted by atomic mass is 10.1. The van der Waals surface area contributed by atoms with E-state index in [4.69, 9.17) is 22.4 Å². The number of likely N-dealkylation sites (N-methyl/N-ethyl adjacent to an activating group) is 1. The highest BCUT2D eigenvalue weighted by atomic mass is 35.5. The highest BCUT2D eigenvalue weighted by Crippen LogP contribution is 2.35. The molecule has 196 valence electrons. The number of hydrogen-bond donors (Lipinski definition) is 3. The molecule has 0 aliphatic carbocycles. The van der Waals surface area contributed by atoms with Crippen molar-refractivity contribution < 1.29 is 23.5 Å². The van der Waals surface area contributed by atoms with Gasteiger partial charge in [0.2, 0.25) is 0 Å². The van der Waals surface area contributed by atoms with E-state index in [1.165, 1.54) is 19.1 Å². The third-order valence-corrected chi connectivity index (χ3v) is 7.15. The van der Waals surface area contributed by atoms with Gasteiger partial charge >= 0.3 is 5.97 Å². The van der Waals surface area contributed by atoms with Gasteiger partial charge in [0.05, 0.1) is 33.8 Å². The van der Waals surface area contributed by atoms with Gasteiger partial charge in [0, 0.05) is 36.8 Å². The summed E-state index contributed by atoms with van der Waals surface area (Å²) in [5, 5.41) is 19.0. The maximum atomic E-state index is 15.4. The molecule has 0 radical (unpaired) electrons. The number of halogens is 3. The molecule has 2 heterocycles. The topological polar surface area (TPSA) is 130 Å². The largest absolute Gasteiger partial charge is 0.476 e. The van der Waals surface area contributed by atoms with Crippen LogP contribution in [0.15, 0.2) is 24.4 Å². The smallest absolute Gasteiger partial charge is 0.358 e. The number of carboxylic acid groups (broad SMARTS) is 1. The fourth-order valence-corrected chi connectivity index (χ4v) is 4.54. The second-order valence-corrected chi connectivity index (χ2v) is 9.54. The zero-order chi connectivity index (χ0) is 27.2. The molecule has 0 bridgehead atoms. The number of anilines is 3. The summed E-state index contributed by atoms with van der Waals surface area (Å²) in [6, 6.07) is 4.00. The molecule has 1 aliphatic heterocycles. The summed E-state index contributed by atoms with van der Waals surface area (Å²) >= 11 is 6.25. The van der Waals surface area contributed by atoms with Gasteiger partial charge < -0.3 is 21.1 Å². The SMILES string of the molecule is Cc1c(F)c(N)cc(C(=O)Nc2cc(-n3cc(C(=O)O)nn3)c(F)cc2N2C[C@@H](C)N(C)[C@@H](C)C2)c1Cl. The van der Waals surface area contributed by atoms with E-state index >= 15 is 4.39 Å². The van der Waals surface area contributed by atoms with Crippen LogP contribution < -0.4 is 16.0 Å². The number of amides is 1. The number of nitrogens with two attached hydrogens (primary N) is 1. The first-order valence-electron chi connectivity index (χ1n) is 11.4. The summed E-state index contributed by atoms with van der Waals surface area (Å²) in [5.74, 6) is -3.42. The Labute approximate surface area is 216 Å². The third kappa shape index (κ3) is 4.94. The number of carboxylic acids is 1. The van der Waals surface area contributed by atoms with E-state index < -0.39 is 23.5 Å². The summed E-state index contributed by atoms with van der Waals surface area (Å²) in [6.45, 7) is 6.59. The standard InChI is InChI=1S/C24H26ClF2N7O3/c1-11-8-33(9-12(2)32(11)4)20-6-15(26)19(34-10-18(24(36)37)30-31-34)7-17(20)29-23(35)14-5-16(28)22(27)13(3)21(14)25/h5-7,10-12H,8-9,28H2,1-4H3,(H,29,35)(H,36,37)/t11-,12+. The average Bonchev–Trinajstić information content (AvgIpc) is 3.34. The monoisotopic (exact) mass is 533 g/mol. The van der Waals surface area contributed by atoms with Crippen molar-refractivity contribution in [1.82, 2.24) is 19.9 Å². The van der Waals surface area contributed by atoms with Crippen molar-refractivity contribution >= 4 is 40.5 Å². The van der Waals surface area contributed by atoms with Crippen LogP contribution in [0.3, 0.4) is 0 Å². The number of piperazine rings is 1. The van der Waals surface area contributed by atoms with Gasteiger partial charge in [-0.1, -0.05) is 16.8 Å². The van der Waals surface area contributed by atoms with Crippen LogP contribution in [0, 0.1) is 18.6 Å². The third-order valence-electron chi connectivity index (χ3n) is 6.67. The lowest BCUT2D eigenvalue weighted by Crippen LogP contribution is -2.55. The fraction of sp³-hybridized carbons (Fsp3) is 0.333.